The monoisotopic (exact) mass is 304 g/mol. The minimum Gasteiger partial charge on any atom is -0.459 e. The van der Waals surface area contributed by atoms with Gasteiger partial charge in [0.25, 0.3) is 0 Å². The number of nitrogens with one attached hydrogen (secondary N) is 1. The van der Waals surface area contributed by atoms with Crippen LogP contribution in [0, 0.1) is 5.92 Å². The summed E-state index contributed by atoms with van der Waals surface area (Å²) in [5.74, 6) is -2.38. The second kappa shape index (κ2) is 6.95. The molecule has 0 aromatic rings. The van der Waals surface area contributed by atoms with Gasteiger partial charge in [0.15, 0.2) is 0 Å². The highest BCUT2D eigenvalue weighted by atomic mass is 16.5. The molecule has 0 spiro atoms. The van der Waals surface area contributed by atoms with Gasteiger partial charge >= 0.3 is 11.9 Å². The van der Waals surface area contributed by atoms with Crippen molar-refractivity contribution < 1.29 is 23.9 Å². The van der Waals surface area contributed by atoms with E-state index in [0.29, 0.717) is 12.3 Å². The van der Waals surface area contributed by atoms with E-state index in [9.17, 15) is 14.4 Å². The van der Waals surface area contributed by atoms with Crippen molar-refractivity contribution in [3.05, 3.63) is 35.6 Å². The van der Waals surface area contributed by atoms with Crippen molar-refractivity contribution in [3.8, 4) is 0 Å². The third kappa shape index (κ3) is 3.56. The Kier molecular flexibility index (Phi) is 5.00. The van der Waals surface area contributed by atoms with Crippen molar-refractivity contribution in [2.45, 2.75) is 6.92 Å². The molecule has 0 bridgehead atoms. The first-order chi connectivity index (χ1) is 10.5. The van der Waals surface area contributed by atoms with Gasteiger partial charge in [0, 0.05) is 24.8 Å². The van der Waals surface area contributed by atoms with Crippen molar-refractivity contribution in [1.82, 2.24) is 5.32 Å². The number of methoxy groups -OCH3 is 1. The van der Waals surface area contributed by atoms with Crippen LogP contribution < -0.4 is 5.32 Å². The maximum atomic E-state index is 11.6. The Morgan fingerprint density at radius 1 is 1.36 bits per heavy atom. The van der Waals surface area contributed by atoms with Gasteiger partial charge in [-0.05, 0) is 24.6 Å². The summed E-state index contributed by atoms with van der Waals surface area (Å²) in [6, 6.07) is 0. The Bertz CT molecular complexity index is 628. The highest BCUT2D eigenvalue weighted by Crippen LogP contribution is 2.27. The van der Waals surface area contributed by atoms with Crippen LogP contribution in [0.1, 0.15) is 6.92 Å². The Hall–Kier alpha value is -2.54. The molecule has 0 aromatic heterocycles. The molecule has 2 amide bonds. The molecule has 2 aliphatic rings. The summed E-state index contributed by atoms with van der Waals surface area (Å²) in [6.45, 7) is 2.04. The number of ether oxygens (including phenoxy) is 2. The number of carbonyl (C=O) groups is 3. The molecule has 116 valence electrons. The molecular formula is C15H16N2O5. The largest absolute Gasteiger partial charge is 0.459 e. The van der Waals surface area contributed by atoms with Gasteiger partial charge in [-0.25, -0.2) is 9.79 Å². The average molecular weight is 304 g/mol. The number of aliphatic imine (C=N–C) groups is 1. The summed E-state index contributed by atoms with van der Waals surface area (Å²) in [5, 5.41) is 2.69. The predicted octanol–water partition coefficient (Wildman–Crippen LogP) is 0.290. The van der Waals surface area contributed by atoms with E-state index in [1.165, 1.54) is 6.08 Å². The summed E-state index contributed by atoms with van der Waals surface area (Å²) >= 11 is 0. The second-order valence-corrected chi connectivity index (χ2v) is 4.64. The van der Waals surface area contributed by atoms with Crippen LogP contribution in [0.4, 0.5) is 0 Å². The van der Waals surface area contributed by atoms with Crippen LogP contribution in [-0.2, 0) is 23.9 Å². The third-order valence-corrected chi connectivity index (χ3v) is 3.07. The standard InChI is InChI=1S/C15H16N2O5/c1-3-22-15(20)14(19)16-10-4-5-11-9(8-21-2)6-13(18)17-12(11)7-10/h4-7,11H,3,8H2,1-2H3,(H,17,18). The van der Waals surface area contributed by atoms with Gasteiger partial charge in [-0.1, -0.05) is 6.08 Å². The van der Waals surface area contributed by atoms with E-state index in [2.05, 4.69) is 15.0 Å². The molecule has 1 aliphatic heterocycles. The van der Waals surface area contributed by atoms with Gasteiger partial charge in [0.05, 0.1) is 18.9 Å². The van der Waals surface area contributed by atoms with E-state index in [1.807, 2.05) is 0 Å². The zero-order valence-electron chi connectivity index (χ0n) is 12.3. The molecule has 1 N–H and O–H groups in total. The second-order valence-electron chi connectivity index (χ2n) is 4.64. The fraction of sp³-hybridized carbons (Fsp3) is 0.333. The first-order valence-corrected chi connectivity index (χ1v) is 6.75. The molecule has 7 heteroatoms. The molecule has 7 nitrogen and oxygen atoms in total. The number of esters is 1. The Morgan fingerprint density at radius 2 is 2.14 bits per heavy atom. The molecule has 0 fully saturated rings. The number of fused-ring (bicyclic) bond motifs is 1. The molecule has 1 unspecified atom stereocenters. The smallest absolute Gasteiger partial charge is 0.399 e. The van der Waals surface area contributed by atoms with Crippen LogP contribution in [0.25, 0.3) is 0 Å². The summed E-state index contributed by atoms with van der Waals surface area (Å²) in [6.07, 6.45) is 6.45. The maximum Gasteiger partial charge on any atom is 0.399 e. The van der Waals surface area contributed by atoms with Crippen LogP contribution in [0.5, 0.6) is 0 Å². The minimum absolute atomic E-state index is 0.107. The normalized spacial score (nSPS) is 21.6. The number of allylic oxidation sites excluding steroid dienone is 3. The molecule has 0 saturated heterocycles. The topological polar surface area (TPSA) is 94.1 Å². The van der Waals surface area contributed by atoms with Crippen molar-refractivity contribution in [1.29, 1.82) is 0 Å². The SMILES string of the molecule is CCOC(=O)C(=O)N=C1C=CC2C(COC)=CC(=O)NC2=C1. The summed E-state index contributed by atoms with van der Waals surface area (Å²) in [4.78, 5) is 38.1. The van der Waals surface area contributed by atoms with E-state index in [4.69, 9.17) is 4.74 Å². The van der Waals surface area contributed by atoms with E-state index < -0.39 is 11.9 Å². The molecule has 0 radical (unpaired) electrons. The van der Waals surface area contributed by atoms with Gasteiger partial charge in [0.2, 0.25) is 5.91 Å². The molecule has 1 heterocycles. The molecule has 2 rings (SSSR count). The van der Waals surface area contributed by atoms with Crippen molar-refractivity contribution in [2.24, 2.45) is 10.9 Å². The molecular weight excluding hydrogens is 288 g/mol. The number of rotatable bonds is 3. The summed E-state index contributed by atoms with van der Waals surface area (Å²) in [5.41, 5.74) is 1.69. The average Bonchev–Trinajstić information content (AvgIpc) is 2.47. The molecule has 0 saturated carbocycles. The van der Waals surface area contributed by atoms with Gasteiger partial charge in [-0.15, -0.1) is 0 Å². The van der Waals surface area contributed by atoms with Crippen LogP contribution in [0.15, 0.2) is 40.6 Å². The molecule has 0 aromatic carbocycles. The summed E-state index contributed by atoms with van der Waals surface area (Å²) < 4.78 is 9.66. The number of hydrogen-bond acceptors (Lipinski definition) is 5. The fourth-order valence-electron chi connectivity index (χ4n) is 2.19. The van der Waals surface area contributed by atoms with Gasteiger partial charge in [-0.2, -0.15) is 0 Å². The third-order valence-electron chi connectivity index (χ3n) is 3.07. The first kappa shape index (κ1) is 15.8. The molecule has 1 atom stereocenters. The minimum atomic E-state index is -1.00. The van der Waals surface area contributed by atoms with Gasteiger partial charge in [0.1, 0.15) is 0 Å². The van der Waals surface area contributed by atoms with Crippen molar-refractivity contribution in [3.63, 3.8) is 0 Å². The van der Waals surface area contributed by atoms with Crippen LogP contribution in [0.2, 0.25) is 0 Å². The van der Waals surface area contributed by atoms with E-state index in [-0.39, 0.29) is 24.1 Å². The predicted molar refractivity (Wildman–Crippen MR) is 77.9 cm³/mol. The summed E-state index contributed by atoms with van der Waals surface area (Å²) in [7, 11) is 1.55. The lowest BCUT2D eigenvalue weighted by atomic mass is 9.88. The zero-order chi connectivity index (χ0) is 16.1. The van der Waals surface area contributed by atoms with Gasteiger partial charge < -0.3 is 14.8 Å². The van der Waals surface area contributed by atoms with E-state index in [0.717, 1.165) is 5.57 Å². The lowest BCUT2D eigenvalue weighted by molar-refractivity contribution is -0.152. The lowest BCUT2D eigenvalue weighted by Gasteiger charge is -2.27. The number of nitrogens with zero attached hydrogens (tertiary/aromatic N) is 1. The Labute approximate surface area is 127 Å². The van der Waals surface area contributed by atoms with Crippen LogP contribution in [-0.4, -0.2) is 43.8 Å². The highest BCUT2D eigenvalue weighted by Gasteiger charge is 2.26. The highest BCUT2D eigenvalue weighted by molar-refractivity contribution is 6.36. The van der Waals surface area contributed by atoms with Crippen LogP contribution in [0.3, 0.4) is 0 Å². The van der Waals surface area contributed by atoms with E-state index >= 15 is 0 Å². The van der Waals surface area contributed by atoms with E-state index in [1.54, 1.807) is 32.3 Å². The number of carbonyl (C=O) groups excluding carboxylic acids is 3. The fourth-order valence-corrected chi connectivity index (χ4v) is 2.19. The van der Waals surface area contributed by atoms with Crippen LogP contribution >= 0.6 is 0 Å². The van der Waals surface area contributed by atoms with Crippen molar-refractivity contribution in [2.75, 3.05) is 20.3 Å². The number of hydrogen-bond donors (Lipinski definition) is 1. The van der Waals surface area contributed by atoms with Crippen molar-refractivity contribution >= 4 is 23.5 Å². The quantitative estimate of drug-likeness (QED) is 0.597. The lowest BCUT2D eigenvalue weighted by Crippen LogP contribution is -2.34. The maximum absolute atomic E-state index is 11.6. The molecule has 22 heavy (non-hydrogen) atoms. The molecule has 1 aliphatic carbocycles. The Balaban J connectivity index is 2.20. The zero-order valence-corrected chi connectivity index (χ0v) is 12.3. The Morgan fingerprint density at radius 3 is 2.82 bits per heavy atom. The first-order valence-electron chi connectivity index (χ1n) is 6.75. The van der Waals surface area contributed by atoms with Gasteiger partial charge in [-0.3, -0.25) is 9.59 Å². The number of amides is 2.